The van der Waals surface area contributed by atoms with Crippen molar-refractivity contribution < 1.29 is 4.74 Å². The Morgan fingerprint density at radius 1 is 1.42 bits per heavy atom. The first-order chi connectivity index (χ1) is 5.81. The Kier molecular flexibility index (Phi) is 8.09. The molecule has 0 aromatic rings. The van der Waals surface area contributed by atoms with E-state index >= 15 is 0 Å². The molecule has 0 saturated carbocycles. The van der Waals surface area contributed by atoms with Crippen LogP contribution < -0.4 is 5.73 Å². The van der Waals surface area contributed by atoms with Crippen molar-refractivity contribution in [1.29, 1.82) is 5.26 Å². The Bertz CT molecular complexity index is 131. The number of nitrogens with zero attached hydrogens (tertiary/aromatic N) is 1. The summed E-state index contributed by atoms with van der Waals surface area (Å²) < 4.78 is 5.28. The van der Waals surface area contributed by atoms with Crippen molar-refractivity contribution in [3.63, 3.8) is 0 Å². The molecule has 2 N–H and O–H groups in total. The zero-order valence-corrected chi connectivity index (χ0v) is 7.75. The van der Waals surface area contributed by atoms with E-state index in [2.05, 4.69) is 6.92 Å². The molecule has 0 aliphatic heterocycles. The van der Waals surface area contributed by atoms with E-state index in [4.69, 9.17) is 15.7 Å². The second-order valence-electron chi connectivity index (χ2n) is 2.84. The lowest BCUT2D eigenvalue weighted by atomic mass is 10.2. The van der Waals surface area contributed by atoms with E-state index in [9.17, 15) is 0 Å². The molecular weight excluding hydrogens is 152 g/mol. The van der Waals surface area contributed by atoms with Crippen LogP contribution in [0.5, 0.6) is 0 Å². The van der Waals surface area contributed by atoms with E-state index in [-0.39, 0.29) is 6.04 Å². The summed E-state index contributed by atoms with van der Waals surface area (Å²) >= 11 is 0. The maximum atomic E-state index is 8.34. The van der Waals surface area contributed by atoms with Crippen molar-refractivity contribution in [3.8, 4) is 6.07 Å². The van der Waals surface area contributed by atoms with Gasteiger partial charge in [0.2, 0.25) is 0 Å². The molecule has 0 bridgehead atoms. The first-order valence-electron chi connectivity index (χ1n) is 4.54. The maximum Gasteiger partial charge on any atom is 0.0950 e. The highest BCUT2D eigenvalue weighted by atomic mass is 16.5. The summed E-state index contributed by atoms with van der Waals surface area (Å²) in [5.41, 5.74) is 5.37. The van der Waals surface area contributed by atoms with Crippen LogP contribution in [-0.2, 0) is 4.74 Å². The number of rotatable bonds is 7. The molecule has 3 heteroatoms. The number of nitrogens with two attached hydrogens (primary N) is 1. The zero-order chi connectivity index (χ0) is 9.23. The lowest BCUT2D eigenvalue weighted by molar-refractivity contribution is 0.126. The molecule has 0 amide bonds. The van der Waals surface area contributed by atoms with Crippen molar-refractivity contribution in [2.24, 2.45) is 5.73 Å². The van der Waals surface area contributed by atoms with Gasteiger partial charge in [-0.2, -0.15) is 5.26 Å². The van der Waals surface area contributed by atoms with Crippen LogP contribution in [0, 0.1) is 11.3 Å². The third kappa shape index (κ3) is 7.52. The molecule has 0 fully saturated rings. The van der Waals surface area contributed by atoms with Crippen LogP contribution in [0.3, 0.4) is 0 Å². The fraction of sp³-hybridized carbons (Fsp3) is 0.889. The first-order valence-corrected chi connectivity index (χ1v) is 4.54. The molecule has 1 atom stereocenters. The second-order valence-corrected chi connectivity index (χ2v) is 2.84. The molecule has 0 rings (SSSR count). The second kappa shape index (κ2) is 8.51. The minimum Gasteiger partial charge on any atom is -0.381 e. The summed E-state index contributed by atoms with van der Waals surface area (Å²) in [4.78, 5) is 0. The molecule has 3 nitrogen and oxygen atoms in total. The van der Waals surface area contributed by atoms with Crippen LogP contribution in [0.4, 0.5) is 0 Å². The molecule has 1 unspecified atom stereocenters. The van der Waals surface area contributed by atoms with Crippen LogP contribution in [0.1, 0.15) is 32.6 Å². The largest absolute Gasteiger partial charge is 0.381 e. The Morgan fingerprint density at radius 2 is 2.17 bits per heavy atom. The summed E-state index contributed by atoms with van der Waals surface area (Å²) in [7, 11) is 0. The number of hydrogen-bond donors (Lipinski definition) is 1. The van der Waals surface area contributed by atoms with E-state index in [1.165, 1.54) is 12.8 Å². The van der Waals surface area contributed by atoms with Crippen molar-refractivity contribution in [3.05, 3.63) is 0 Å². The Balaban J connectivity index is 2.96. The molecule has 70 valence electrons. The Labute approximate surface area is 74.5 Å². The highest BCUT2D eigenvalue weighted by molar-refractivity contribution is 4.85. The number of nitriles is 1. The summed E-state index contributed by atoms with van der Waals surface area (Å²) in [6.45, 7) is 3.57. The van der Waals surface area contributed by atoms with Gasteiger partial charge in [0.15, 0.2) is 0 Å². The number of ether oxygens (including phenoxy) is 1. The van der Waals surface area contributed by atoms with Crippen molar-refractivity contribution >= 4 is 0 Å². The van der Waals surface area contributed by atoms with E-state index in [0.717, 1.165) is 13.0 Å². The van der Waals surface area contributed by atoms with E-state index in [1.54, 1.807) is 0 Å². The summed E-state index contributed by atoms with van der Waals surface area (Å²) in [5.74, 6) is 0. The predicted molar refractivity (Wildman–Crippen MR) is 48.5 cm³/mol. The minimum absolute atomic E-state index is 0.365. The summed E-state index contributed by atoms with van der Waals surface area (Å²) in [5, 5.41) is 8.34. The van der Waals surface area contributed by atoms with E-state index < -0.39 is 0 Å². The fourth-order valence-corrected chi connectivity index (χ4v) is 0.831. The highest BCUT2D eigenvalue weighted by Gasteiger charge is 1.97. The molecule has 0 aliphatic carbocycles. The topological polar surface area (TPSA) is 59.0 Å². The number of hydrogen-bond acceptors (Lipinski definition) is 3. The van der Waals surface area contributed by atoms with Gasteiger partial charge in [-0.05, 0) is 12.8 Å². The van der Waals surface area contributed by atoms with Crippen molar-refractivity contribution in [2.75, 3.05) is 13.2 Å². The van der Waals surface area contributed by atoms with Gasteiger partial charge in [-0.15, -0.1) is 0 Å². The molecule has 0 heterocycles. The lowest BCUT2D eigenvalue weighted by Gasteiger charge is -2.03. The monoisotopic (exact) mass is 170 g/mol. The first kappa shape index (κ1) is 11.4. The van der Waals surface area contributed by atoms with E-state index in [0.29, 0.717) is 13.0 Å². The maximum absolute atomic E-state index is 8.34. The van der Waals surface area contributed by atoms with Crippen LogP contribution >= 0.6 is 0 Å². The lowest BCUT2D eigenvalue weighted by Crippen LogP contribution is -2.19. The van der Waals surface area contributed by atoms with E-state index in [1.807, 2.05) is 6.07 Å². The van der Waals surface area contributed by atoms with Gasteiger partial charge in [-0.25, -0.2) is 0 Å². The normalized spacial score (nSPS) is 12.4. The van der Waals surface area contributed by atoms with Gasteiger partial charge in [0, 0.05) is 13.2 Å². The van der Waals surface area contributed by atoms with Gasteiger partial charge in [0.25, 0.3) is 0 Å². The molecule has 0 aromatic carbocycles. The van der Waals surface area contributed by atoms with Crippen molar-refractivity contribution in [2.45, 2.75) is 38.6 Å². The predicted octanol–water partition coefficient (Wildman–Crippen LogP) is 1.43. The minimum atomic E-state index is -0.365. The van der Waals surface area contributed by atoms with Gasteiger partial charge in [-0.1, -0.05) is 19.8 Å². The van der Waals surface area contributed by atoms with Gasteiger partial charge >= 0.3 is 0 Å². The average Bonchev–Trinajstić information content (AvgIpc) is 2.10. The third-order valence-electron chi connectivity index (χ3n) is 1.63. The van der Waals surface area contributed by atoms with Gasteiger partial charge in [0.1, 0.15) is 0 Å². The smallest absolute Gasteiger partial charge is 0.0950 e. The van der Waals surface area contributed by atoms with Crippen molar-refractivity contribution in [1.82, 2.24) is 0 Å². The number of unbranched alkanes of at least 4 members (excludes halogenated alkanes) is 2. The molecule has 0 saturated heterocycles. The summed E-state index contributed by atoms with van der Waals surface area (Å²) in [6.07, 6.45) is 4.17. The standard InChI is InChI=1S/C9H18N2O/c1-2-3-4-6-12-7-5-9(11)8-10/h9H,2-7,11H2,1H3. The Morgan fingerprint density at radius 3 is 2.75 bits per heavy atom. The molecular formula is C9H18N2O. The van der Waals surface area contributed by atoms with Gasteiger partial charge < -0.3 is 10.5 Å². The van der Waals surface area contributed by atoms with Gasteiger partial charge in [-0.3, -0.25) is 0 Å². The SMILES string of the molecule is CCCCCOCCC(N)C#N. The molecule has 0 aliphatic rings. The van der Waals surface area contributed by atoms with Crippen LogP contribution in [0.25, 0.3) is 0 Å². The quantitative estimate of drug-likeness (QED) is 0.588. The highest BCUT2D eigenvalue weighted by Crippen LogP contribution is 1.95. The average molecular weight is 170 g/mol. The van der Waals surface area contributed by atoms with Gasteiger partial charge in [0.05, 0.1) is 12.1 Å². The Hall–Kier alpha value is -0.590. The van der Waals surface area contributed by atoms with Crippen LogP contribution in [0.2, 0.25) is 0 Å². The molecule has 0 radical (unpaired) electrons. The zero-order valence-electron chi connectivity index (χ0n) is 7.75. The summed E-state index contributed by atoms with van der Waals surface area (Å²) in [6, 6.07) is 1.60. The molecule has 12 heavy (non-hydrogen) atoms. The van der Waals surface area contributed by atoms with Crippen LogP contribution in [0.15, 0.2) is 0 Å². The third-order valence-corrected chi connectivity index (χ3v) is 1.63. The van der Waals surface area contributed by atoms with Crippen LogP contribution in [-0.4, -0.2) is 19.3 Å². The molecule has 0 aromatic heterocycles. The molecule has 0 spiro atoms. The fourth-order valence-electron chi connectivity index (χ4n) is 0.831.